The number of carbonyl (C=O) groups is 2. The van der Waals surface area contributed by atoms with Crippen molar-refractivity contribution in [2.24, 2.45) is 0 Å². The molecule has 4 aromatic carbocycles. The molecule has 1 unspecified atom stereocenters. The molecule has 1 N–H and O–H groups in total. The predicted molar refractivity (Wildman–Crippen MR) is 169 cm³/mol. The number of hydrogen-bond donors (Lipinski definition) is 1. The molecule has 11 heteroatoms. The second kappa shape index (κ2) is 14.4. The zero-order chi connectivity index (χ0) is 31.0. The van der Waals surface area contributed by atoms with Gasteiger partial charge in [-0.3, -0.25) is 13.9 Å². The summed E-state index contributed by atoms with van der Waals surface area (Å²) >= 11 is 13.0. The molecule has 0 heterocycles. The maximum absolute atomic E-state index is 14.3. The summed E-state index contributed by atoms with van der Waals surface area (Å²) in [5, 5.41) is 3.27. The van der Waals surface area contributed by atoms with Crippen LogP contribution in [0.3, 0.4) is 0 Å². The van der Waals surface area contributed by atoms with E-state index < -0.39 is 34.4 Å². The summed E-state index contributed by atoms with van der Waals surface area (Å²) in [6.45, 7) is -0.726. The molecule has 8 nitrogen and oxygen atoms in total. The highest BCUT2D eigenvalue weighted by Crippen LogP contribution is 2.29. The molecule has 0 aromatic heterocycles. The summed E-state index contributed by atoms with van der Waals surface area (Å²) in [7, 11) is -1.26. The number of methoxy groups -OCH3 is 1. The summed E-state index contributed by atoms with van der Waals surface area (Å²) < 4.78 is 34.2. The van der Waals surface area contributed by atoms with Crippen molar-refractivity contribution in [1.82, 2.24) is 10.2 Å². The predicted octanol–water partition coefficient (Wildman–Crippen LogP) is 5.58. The Kier molecular flexibility index (Phi) is 10.7. The van der Waals surface area contributed by atoms with Gasteiger partial charge in [-0.1, -0.05) is 77.8 Å². The van der Waals surface area contributed by atoms with Gasteiger partial charge in [0.15, 0.2) is 0 Å². The first-order valence-electron chi connectivity index (χ1n) is 13.4. The van der Waals surface area contributed by atoms with Crippen LogP contribution in [-0.4, -0.2) is 51.9 Å². The third-order valence-electron chi connectivity index (χ3n) is 6.88. The number of amides is 2. The van der Waals surface area contributed by atoms with Gasteiger partial charge in [0.25, 0.3) is 10.0 Å². The second-order valence-electron chi connectivity index (χ2n) is 9.56. The van der Waals surface area contributed by atoms with Gasteiger partial charge in [0.05, 0.1) is 17.7 Å². The first-order valence-corrected chi connectivity index (χ1v) is 15.5. The zero-order valence-corrected chi connectivity index (χ0v) is 25.9. The van der Waals surface area contributed by atoms with Crippen molar-refractivity contribution >= 4 is 50.7 Å². The molecule has 0 saturated carbocycles. The lowest BCUT2D eigenvalue weighted by molar-refractivity contribution is -0.139. The third kappa shape index (κ3) is 7.67. The summed E-state index contributed by atoms with van der Waals surface area (Å²) in [6, 6.07) is 27.4. The van der Waals surface area contributed by atoms with Gasteiger partial charge in [-0.05, 0) is 54.1 Å². The van der Waals surface area contributed by atoms with Crippen molar-refractivity contribution in [3.63, 3.8) is 0 Å². The molecule has 0 radical (unpaired) electrons. The number of sulfonamides is 1. The fourth-order valence-electron chi connectivity index (χ4n) is 4.57. The molecule has 0 bridgehead atoms. The number of nitrogens with zero attached hydrogens (tertiary/aromatic N) is 2. The molecule has 43 heavy (non-hydrogen) atoms. The van der Waals surface area contributed by atoms with Crippen molar-refractivity contribution in [3.05, 3.63) is 124 Å². The number of likely N-dealkylation sites (N-methyl/N-ethyl adjacent to an activating group) is 1. The fraction of sp³-hybridized carbons (Fsp3) is 0.188. The zero-order valence-electron chi connectivity index (χ0n) is 23.6. The fourth-order valence-corrected chi connectivity index (χ4v) is 6.50. The maximum atomic E-state index is 14.3. The molecule has 1 atom stereocenters. The molecule has 0 saturated heterocycles. The van der Waals surface area contributed by atoms with E-state index in [0.717, 1.165) is 9.87 Å². The lowest BCUT2D eigenvalue weighted by atomic mass is 10.0. The van der Waals surface area contributed by atoms with E-state index in [4.69, 9.17) is 27.9 Å². The van der Waals surface area contributed by atoms with Crippen LogP contribution in [0.4, 0.5) is 5.69 Å². The maximum Gasteiger partial charge on any atom is 0.264 e. The first kappa shape index (κ1) is 31.9. The number of hydrogen-bond acceptors (Lipinski definition) is 5. The Morgan fingerprint density at radius 2 is 1.42 bits per heavy atom. The van der Waals surface area contributed by atoms with Crippen molar-refractivity contribution < 1.29 is 22.7 Å². The Hall–Kier alpha value is -4.05. The van der Waals surface area contributed by atoms with E-state index >= 15 is 0 Å². The molecular formula is C32H31Cl2N3O5S. The lowest BCUT2D eigenvalue weighted by Crippen LogP contribution is -2.53. The van der Waals surface area contributed by atoms with E-state index in [2.05, 4.69) is 5.32 Å². The van der Waals surface area contributed by atoms with E-state index in [-0.39, 0.29) is 23.5 Å². The second-order valence-corrected chi connectivity index (χ2v) is 12.2. The van der Waals surface area contributed by atoms with Gasteiger partial charge >= 0.3 is 0 Å². The van der Waals surface area contributed by atoms with Crippen LogP contribution in [-0.2, 0) is 32.6 Å². The number of rotatable bonds is 12. The normalized spacial score (nSPS) is 11.8. The van der Waals surface area contributed by atoms with Gasteiger partial charge < -0.3 is 15.0 Å². The van der Waals surface area contributed by atoms with Crippen molar-refractivity contribution in [3.8, 4) is 5.75 Å². The van der Waals surface area contributed by atoms with E-state index in [1.807, 2.05) is 30.3 Å². The van der Waals surface area contributed by atoms with Gasteiger partial charge in [-0.15, -0.1) is 0 Å². The minimum absolute atomic E-state index is 0.0298. The van der Waals surface area contributed by atoms with Crippen LogP contribution >= 0.6 is 23.2 Å². The quantitative estimate of drug-likeness (QED) is 0.218. The molecule has 2 amide bonds. The summed E-state index contributed by atoms with van der Waals surface area (Å²) in [4.78, 5) is 29.0. The smallest absolute Gasteiger partial charge is 0.264 e. The topological polar surface area (TPSA) is 96.0 Å². The van der Waals surface area contributed by atoms with Crippen LogP contribution in [0.1, 0.15) is 11.1 Å². The van der Waals surface area contributed by atoms with Crippen LogP contribution in [0.15, 0.2) is 108 Å². The van der Waals surface area contributed by atoms with Crippen LogP contribution in [0, 0.1) is 0 Å². The summed E-state index contributed by atoms with van der Waals surface area (Å²) in [5.41, 5.74) is 1.53. The minimum Gasteiger partial charge on any atom is -0.497 e. The summed E-state index contributed by atoms with van der Waals surface area (Å²) in [5.74, 6) is -0.565. The van der Waals surface area contributed by atoms with Gasteiger partial charge in [-0.2, -0.15) is 0 Å². The molecule has 4 rings (SSSR count). The average Bonchev–Trinajstić information content (AvgIpc) is 3.03. The van der Waals surface area contributed by atoms with Gasteiger partial charge in [0, 0.05) is 35.6 Å². The highest BCUT2D eigenvalue weighted by atomic mass is 35.5. The number of nitrogens with one attached hydrogen (secondary N) is 1. The van der Waals surface area contributed by atoms with E-state index in [1.54, 1.807) is 48.5 Å². The molecule has 0 fully saturated rings. The largest absolute Gasteiger partial charge is 0.497 e. The lowest BCUT2D eigenvalue weighted by Gasteiger charge is -2.34. The Morgan fingerprint density at radius 1 is 0.837 bits per heavy atom. The highest BCUT2D eigenvalue weighted by Gasteiger charge is 2.35. The average molecular weight is 641 g/mol. The molecule has 0 aliphatic rings. The van der Waals surface area contributed by atoms with E-state index in [0.29, 0.717) is 21.4 Å². The number of carbonyl (C=O) groups excluding carboxylic acids is 2. The Labute approximate surface area is 261 Å². The number of para-hydroxylation sites is 1. The summed E-state index contributed by atoms with van der Waals surface area (Å²) in [6.07, 6.45) is 0.172. The Balaban J connectivity index is 1.80. The molecule has 224 valence electrons. The SMILES string of the molecule is CNC(=O)C(Cc1ccccc1)N(Cc1c(Cl)cccc1Cl)C(=O)CN(c1ccccc1)S(=O)(=O)c1ccc(OC)cc1. The highest BCUT2D eigenvalue weighted by molar-refractivity contribution is 7.92. The van der Waals surface area contributed by atoms with E-state index in [9.17, 15) is 18.0 Å². The van der Waals surface area contributed by atoms with Gasteiger partial charge in [-0.25, -0.2) is 8.42 Å². The molecule has 0 aliphatic carbocycles. The number of halogens is 2. The monoisotopic (exact) mass is 639 g/mol. The number of ether oxygens (including phenoxy) is 1. The van der Waals surface area contributed by atoms with Crippen molar-refractivity contribution in [2.45, 2.75) is 23.9 Å². The van der Waals surface area contributed by atoms with E-state index in [1.165, 1.54) is 43.3 Å². The molecule has 0 spiro atoms. The van der Waals surface area contributed by atoms with Gasteiger partial charge in [0.1, 0.15) is 18.3 Å². The van der Waals surface area contributed by atoms with Crippen molar-refractivity contribution in [1.29, 1.82) is 0 Å². The van der Waals surface area contributed by atoms with Crippen molar-refractivity contribution in [2.75, 3.05) is 25.0 Å². The molecule has 0 aliphatic heterocycles. The third-order valence-corrected chi connectivity index (χ3v) is 9.37. The van der Waals surface area contributed by atoms with Crippen LogP contribution < -0.4 is 14.4 Å². The Bertz CT molecular complexity index is 1630. The van der Waals surface area contributed by atoms with Crippen LogP contribution in [0.2, 0.25) is 10.0 Å². The van der Waals surface area contributed by atoms with Crippen LogP contribution in [0.25, 0.3) is 0 Å². The molecule has 4 aromatic rings. The first-order chi connectivity index (χ1) is 20.6. The Morgan fingerprint density at radius 3 is 1.98 bits per heavy atom. The van der Waals surface area contributed by atoms with Crippen LogP contribution in [0.5, 0.6) is 5.75 Å². The molecular weight excluding hydrogens is 609 g/mol. The minimum atomic E-state index is -4.23. The number of benzene rings is 4. The standard InChI is InChI=1S/C32H31Cl2N3O5S/c1-35-32(39)30(20-23-10-5-3-6-11-23)36(21-27-28(33)14-9-15-29(27)34)31(38)22-37(24-12-7-4-8-13-24)43(40,41)26-18-16-25(42-2)17-19-26/h3-19,30H,20-22H2,1-2H3,(H,35,39). The number of anilines is 1. The van der Waals surface area contributed by atoms with Gasteiger partial charge in [0.2, 0.25) is 11.8 Å².